The van der Waals surface area contributed by atoms with Gasteiger partial charge in [0.1, 0.15) is 11.6 Å². The number of hydrogen-bond donors (Lipinski definition) is 1. The second-order valence-corrected chi connectivity index (χ2v) is 5.56. The number of aryl methyl sites for hydroxylation is 1. The van der Waals surface area contributed by atoms with Gasteiger partial charge in [0.15, 0.2) is 0 Å². The number of aliphatic hydroxyl groups is 1. The molecule has 3 rings (SSSR count). The maximum absolute atomic E-state index is 13.1. The second kappa shape index (κ2) is 5.72. The molecule has 0 fully saturated rings. The lowest BCUT2D eigenvalue weighted by molar-refractivity contribution is -0.138. The van der Waals surface area contributed by atoms with Crippen molar-refractivity contribution in [1.82, 2.24) is 14.8 Å². The van der Waals surface area contributed by atoms with Crippen LogP contribution in [0.3, 0.4) is 0 Å². The van der Waals surface area contributed by atoms with Crippen LogP contribution in [0.5, 0.6) is 0 Å². The van der Waals surface area contributed by atoms with E-state index in [1.807, 2.05) is 4.57 Å². The predicted octanol–water partition coefficient (Wildman–Crippen LogP) is 2.44. The number of aromatic nitrogens is 3. The first kappa shape index (κ1) is 15.0. The molecule has 0 saturated carbocycles. The average molecular weight is 311 g/mol. The molecule has 7 heteroatoms. The van der Waals surface area contributed by atoms with Gasteiger partial charge < -0.3 is 9.67 Å². The summed E-state index contributed by atoms with van der Waals surface area (Å²) in [6.07, 6.45) is -2.78. The van der Waals surface area contributed by atoms with Crippen molar-refractivity contribution in [2.75, 3.05) is 6.61 Å². The van der Waals surface area contributed by atoms with Crippen molar-refractivity contribution in [3.05, 3.63) is 47.0 Å². The van der Waals surface area contributed by atoms with Crippen molar-refractivity contribution in [3.63, 3.8) is 0 Å². The molecule has 0 spiro atoms. The number of hydrogen-bond acceptors (Lipinski definition) is 3. The highest BCUT2D eigenvalue weighted by molar-refractivity contribution is 5.32. The molecule has 0 bridgehead atoms. The fraction of sp³-hybridized carbons (Fsp3) is 0.467. The van der Waals surface area contributed by atoms with Crippen molar-refractivity contribution in [3.8, 4) is 0 Å². The number of rotatable bonds is 3. The quantitative estimate of drug-likeness (QED) is 0.947. The lowest BCUT2D eigenvalue weighted by atomic mass is 9.99. The normalized spacial score (nSPS) is 18.3. The highest BCUT2D eigenvalue weighted by atomic mass is 19.4. The topological polar surface area (TPSA) is 50.9 Å². The van der Waals surface area contributed by atoms with Crippen LogP contribution >= 0.6 is 0 Å². The highest BCUT2D eigenvalue weighted by Crippen LogP contribution is 2.33. The molecular formula is C15H16F3N3O. The Balaban J connectivity index is 1.91. The van der Waals surface area contributed by atoms with Gasteiger partial charge in [-0.05, 0) is 18.1 Å². The summed E-state index contributed by atoms with van der Waals surface area (Å²) in [6, 6.07) is 5.53. The summed E-state index contributed by atoms with van der Waals surface area (Å²) >= 11 is 0. The zero-order valence-corrected chi connectivity index (χ0v) is 11.8. The number of alkyl halides is 3. The Morgan fingerprint density at radius 1 is 1.23 bits per heavy atom. The molecule has 0 radical (unpaired) electrons. The Kier molecular flexibility index (Phi) is 3.90. The number of aliphatic hydroxyl groups excluding tert-OH is 1. The number of benzene rings is 1. The first-order valence-corrected chi connectivity index (χ1v) is 7.16. The molecule has 118 valence electrons. The van der Waals surface area contributed by atoms with Crippen molar-refractivity contribution in [2.45, 2.75) is 32.0 Å². The summed E-state index contributed by atoms with van der Waals surface area (Å²) in [5.41, 5.74) is -0.446. The summed E-state index contributed by atoms with van der Waals surface area (Å²) in [4.78, 5) is 0. The third kappa shape index (κ3) is 2.85. The van der Waals surface area contributed by atoms with Gasteiger partial charge in [-0.1, -0.05) is 18.2 Å². The Morgan fingerprint density at radius 3 is 2.73 bits per heavy atom. The Hall–Kier alpha value is -1.89. The molecule has 1 aromatic heterocycles. The van der Waals surface area contributed by atoms with E-state index in [0.29, 0.717) is 18.8 Å². The third-order valence-electron chi connectivity index (χ3n) is 4.05. The molecule has 2 heterocycles. The fourth-order valence-electron chi connectivity index (χ4n) is 2.85. The zero-order valence-electron chi connectivity index (χ0n) is 11.8. The lowest BCUT2D eigenvalue weighted by Crippen LogP contribution is -2.24. The van der Waals surface area contributed by atoms with E-state index in [4.69, 9.17) is 0 Å². The van der Waals surface area contributed by atoms with Crippen LogP contribution in [-0.2, 0) is 25.6 Å². The molecule has 0 amide bonds. The van der Waals surface area contributed by atoms with E-state index in [2.05, 4.69) is 10.2 Å². The summed E-state index contributed by atoms with van der Waals surface area (Å²) in [5.74, 6) is 1.41. The van der Waals surface area contributed by atoms with Gasteiger partial charge in [-0.2, -0.15) is 13.2 Å². The number of fused-ring (bicyclic) bond motifs is 1. The van der Waals surface area contributed by atoms with Gasteiger partial charge in [0, 0.05) is 31.9 Å². The molecule has 0 saturated heterocycles. The van der Waals surface area contributed by atoms with Crippen LogP contribution in [-0.4, -0.2) is 26.5 Å². The Morgan fingerprint density at radius 2 is 2.00 bits per heavy atom. The third-order valence-corrected chi connectivity index (χ3v) is 4.05. The molecule has 1 N–H and O–H groups in total. The zero-order chi connectivity index (χ0) is 15.7. The molecule has 2 aromatic rings. The van der Waals surface area contributed by atoms with Crippen LogP contribution < -0.4 is 0 Å². The lowest BCUT2D eigenvalue weighted by Gasteiger charge is -2.22. The van der Waals surface area contributed by atoms with Gasteiger partial charge in [-0.3, -0.25) is 0 Å². The van der Waals surface area contributed by atoms with Crippen molar-refractivity contribution in [1.29, 1.82) is 0 Å². The summed E-state index contributed by atoms with van der Waals surface area (Å²) in [6.45, 7) is 0.624. The van der Waals surface area contributed by atoms with E-state index in [1.54, 1.807) is 6.07 Å². The van der Waals surface area contributed by atoms with Crippen LogP contribution in [0.2, 0.25) is 0 Å². The van der Waals surface area contributed by atoms with Gasteiger partial charge in [0.25, 0.3) is 0 Å². The van der Waals surface area contributed by atoms with E-state index < -0.39 is 11.7 Å². The van der Waals surface area contributed by atoms with E-state index in [-0.39, 0.29) is 24.5 Å². The monoisotopic (exact) mass is 311 g/mol. The summed E-state index contributed by atoms with van der Waals surface area (Å²) in [5, 5.41) is 17.4. The number of halogens is 3. The minimum Gasteiger partial charge on any atom is -0.396 e. The standard InChI is InChI=1S/C15H16F3N3O/c16-15(17,18)12-4-2-1-3-11(12)7-14-20-19-13-6-5-10(9-22)8-21(13)14/h1-4,10,22H,5-9H2. The van der Waals surface area contributed by atoms with Gasteiger partial charge in [0.05, 0.1) is 5.56 Å². The second-order valence-electron chi connectivity index (χ2n) is 5.56. The van der Waals surface area contributed by atoms with Gasteiger partial charge >= 0.3 is 6.18 Å². The van der Waals surface area contributed by atoms with Gasteiger partial charge in [-0.15, -0.1) is 10.2 Å². The minimum atomic E-state index is -4.38. The maximum Gasteiger partial charge on any atom is 0.416 e. The van der Waals surface area contributed by atoms with Crippen LogP contribution in [0.1, 0.15) is 29.2 Å². The van der Waals surface area contributed by atoms with Crippen molar-refractivity contribution >= 4 is 0 Å². The van der Waals surface area contributed by atoms with Crippen molar-refractivity contribution in [2.24, 2.45) is 5.92 Å². The van der Waals surface area contributed by atoms with Crippen molar-refractivity contribution < 1.29 is 18.3 Å². The summed E-state index contributed by atoms with van der Waals surface area (Å²) in [7, 11) is 0. The van der Waals surface area contributed by atoms with E-state index in [1.165, 1.54) is 12.1 Å². The van der Waals surface area contributed by atoms with Gasteiger partial charge in [-0.25, -0.2) is 0 Å². The van der Waals surface area contributed by atoms with Crippen LogP contribution in [0.15, 0.2) is 24.3 Å². The largest absolute Gasteiger partial charge is 0.416 e. The highest BCUT2D eigenvalue weighted by Gasteiger charge is 2.33. The number of nitrogens with zero attached hydrogens (tertiary/aromatic N) is 3. The predicted molar refractivity (Wildman–Crippen MR) is 73.2 cm³/mol. The average Bonchev–Trinajstić information content (AvgIpc) is 2.89. The molecule has 22 heavy (non-hydrogen) atoms. The SMILES string of the molecule is OCC1CCc2nnc(Cc3ccccc3C(F)(F)F)n2C1. The first-order chi connectivity index (χ1) is 10.5. The Bertz CT molecular complexity index is 666. The molecule has 1 atom stereocenters. The fourth-order valence-corrected chi connectivity index (χ4v) is 2.85. The van der Waals surface area contributed by atoms with Gasteiger partial charge in [0.2, 0.25) is 0 Å². The molecule has 1 aromatic carbocycles. The van der Waals surface area contributed by atoms with Crippen LogP contribution in [0.25, 0.3) is 0 Å². The van der Waals surface area contributed by atoms with E-state index in [0.717, 1.165) is 18.3 Å². The maximum atomic E-state index is 13.1. The smallest absolute Gasteiger partial charge is 0.396 e. The molecule has 1 aliphatic heterocycles. The van der Waals surface area contributed by atoms with Crippen LogP contribution in [0, 0.1) is 5.92 Å². The molecule has 0 aliphatic carbocycles. The van der Waals surface area contributed by atoms with E-state index >= 15 is 0 Å². The first-order valence-electron chi connectivity index (χ1n) is 7.16. The molecule has 1 aliphatic rings. The Labute approximate surface area is 125 Å². The summed E-state index contributed by atoms with van der Waals surface area (Å²) < 4.78 is 41.0. The molecule has 1 unspecified atom stereocenters. The molecular weight excluding hydrogens is 295 g/mol. The minimum absolute atomic E-state index is 0.0657. The molecule has 4 nitrogen and oxygen atoms in total. The van der Waals surface area contributed by atoms with Crippen LogP contribution in [0.4, 0.5) is 13.2 Å². The van der Waals surface area contributed by atoms with E-state index in [9.17, 15) is 18.3 Å².